The van der Waals surface area contributed by atoms with E-state index < -0.39 is 15.6 Å². The molecule has 8 heteroatoms. The Morgan fingerprint density at radius 2 is 2.14 bits per heavy atom. The Labute approximate surface area is 124 Å². The van der Waals surface area contributed by atoms with Gasteiger partial charge in [0.15, 0.2) is 0 Å². The summed E-state index contributed by atoms with van der Waals surface area (Å²) in [7, 11) is -3.77. The standard InChI is InChI=1S/C13H21N3O4S/c1-13(2)8-16(6-9(7-17)20-13)12-4-3-10(5-11(12)14)21(15,18)19/h3-5,9,17H,6-8,14H2,1-2H3,(H2,15,18,19). The first-order chi connectivity index (χ1) is 9.62. The van der Waals surface area contributed by atoms with Crippen molar-refractivity contribution >= 4 is 21.4 Å². The molecule has 0 spiro atoms. The highest BCUT2D eigenvalue weighted by Gasteiger charge is 2.33. The van der Waals surface area contributed by atoms with Gasteiger partial charge in [0.2, 0.25) is 10.0 Å². The van der Waals surface area contributed by atoms with E-state index in [0.717, 1.165) is 0 Å². The fourth-order valence-corrected chi connectivity index (χ4v) is 3.12. The van der Waals surface area contributed by atoms with Crippen LogP contribution < -0.4 is 15.8 Å². The summed E-state index contributed by atoms with van der Waals surface area (Å²) >= 11 is 0. The summed E-state index contributed by atoms with van der Waals surface area (Å²) in [6, 6.07) is 4.41. The first-order valence-electron chi connectivity index (χ1n) is 6.58. The van der Waals surface area contributed by atoms with Crippen molar-refractivity contribution in [2.75, 3.05) is 30.3 Å². The van der Waals surface area contributed by atoms with Crippen molar-refractivity contribution in [2.45, 2.75) is 30.4 Å². The Balaban J connectivity index is 2.33. The molecule has 0 aliphatic carbocycles. The zero-order valence-electron chi connectivity index (χ0n) is 12.1. The van der Waals surface area contributed by atoms with Gasteiger partial charge in [0.05, 0.1) is 34.6 Å². The number of nitrogen functional groups attached to an aromatic ring is 1. The Morgan fingerprint density at radius 1 is 1.48 bits per heavy atom. The number of nitrogens with zero attached hydrogens (tertiary/aromatic N) is 1. The highest BCUT2D eigenvalue weighted by atomic mass is 32.2. The lowest BCUT2D eigenvalue weighted by Gasteiger charge is -2.43. The quantitative estimate of drug-likeness (QED) is 0.670. The highest BCUT2D eigenvalue weighted by Crippen LogP contribution is 2.31. The summed E-state index contributed by atoms with van der Waals surface area (Å²) < 4.78 is 28.4. The topological polar surface area (TPSA) is 119 Å². The van der Waals surface area contributed by atoms with Crippen LogP contribution in [0.3, 0.4) is 0 Å². The van der Waals surface area contributed by atoms with Crippen LogP contribution in [0.1, 0.15) is 13.8 Å². The zero-order valence-corrected chi connectivity index (χ0v) is 12.9. The molecule has 1 aliphatic rings. The van der Waals surface area contributed by atoms with Crippen LogP contribution in [-0.2, 0) is 14.8 Å². The van der Waals surface area contributed by atoms with Crippen molar-refractivity contribution in [1.29, 1.82) is 0 Å². The lowest BCUT2D eigenvalue weighted by Crippen LogP contribution is -2.54. The minimum Gasteiger partial charge on any atom is -0.397 e. The van der Waals surface area contributed by atoms with Crippen LogP contribution in [0.2, 0.25) is 0 Å². The van der Waals surface area contributed by atoms with E-state index in [0.29, 0.717) is 24.5 Å². The van der Waals surface area contributed by atoms with Crippen LogP contribution in [-0.4, -0.2) is 44.9 Å². The normalized spacial score (nSPS) is 22.3. The number of hydrogen-bond acceptors (Lipinski definition) is 6. The molecule has 1 saturated heterocycles. The predicted molar refractivity (Wildman–Crippen MR) is 80.5 cm³/mol. The summed E-state index contributed by atoms with van der Waals surface area (Å²) in [6.45, 7) is 4.84. The minimum absolute atomic E-state index is 0.0185. The number of nitrogens with two attached hydrogens (primary N) is 2. The smallest absolute Gasteiger partial charge is 0.238 e. The lowest BCUT2D eigenvalue weighted by atomic mass is 10.0. The number of ether oxygens (including phenoxy) is 1. The number of anilines is 2. The van der Waals surface area contributed by atoms with E-state index in [9.17, 15) is 13.5 Å². The van der Waals surface area contributed by atoms with Gasteiger partial charge in [-0.2, -0.15) is 0 Å². The van der Waals surface area contributed by atoms with Crippen LogP contribution in [0.4, 0.5) is 11.4 Å². The van der Waals surface area contributed by atoms with Crippen molar-refractivity contribution in [3.8, 4) is 0 Å². The van der Waals surface area contributed by atoms with E-state index in [2.05, 4.69) is 0 Å². The molecule has 2 rings (SSSR count). The van der Waals surface area contributed by atoms with Crippen LogP contribution in [0.25, 0.3) is 0 Å². The van der Waals surface area contributed by atoms with Crippen LogP contribution >= 0.6 is 0 Å². The van der Waals surface area contributed by atoms with E-state index in [1.807, 2.05) is 18.7 Å². The van der Waals surface area contributed by atoms with Gasteiger partial charge < -0.3 is 20.5 Å². The van der Waals surface area contributed by atoms with E-state index in [-0.39, 0.29) is 17.6 Å². The minimum atomic E-state index is -3.77. The Hall–Kier alpha value is -1.35. The molecule has 1 unspecified atom stereocenters. The van der Waals surface area contributed by atoms with E-state index >= 15 is 0 Å². The van der Waals surface area contributed by atoms with E-state index in [1.165, 1.54) is 12.1 Å². The molecule has 7 nitrogen and oxygen atoms in total. The van der Waals surface area contributed by atoms with Crippen molar-refractivity contribution in [2.24, 2.45) is 5.14 Å². The third-order valence-corrected chi connectivity index (χ3v) is 4.26. The average Bonchev–Trinajstić information content (AvgIpc) is 2.35. The van der Waals surface area contributed by atoms with E-state index in [4.69, 9.17) is 15.6 Å². The van der Waals surface area contributed by atoms with Crippen LogP contribution in [0.5, 0.6) is 0 Å². The van der Waals surface area contributed by atoms with E-state index in [1.54, 1.807) is 6.07 Å². The number of hydrogen-bond donors (Lipinski definition) is 3. The molecule has 0 aromatic heterocycles. The first-order valence-corrected chi connectivity index (χ1v) is 8.13. The molecule has 0 saturated carbocycles. The summed E-state index contributed by atoms with van der Waals surface area (Å²) in [6.07, 6.45) is -0.314. The SMILES string of the molecule is CC1(C)CN(c2ccc(S(N)(=O)=O)cc2N)CC(CO)O1. The summed E-state index contributed by atoms with van der Waals surface area (Å²) in [5, 5.41) is 14.4. The Kier molecular flexibility index (Phi) is 4.16. The molecule has 1 fully saturated rings. The second kappa shape index (κ2) is 5.45. The maximum atomic E-state index is 11.3. The van der Waals surface area contributed by atoms with Gasteiger partial charge in [0, 0.05) is 13.1 Å². The maximum Gasteiger partial charge on any atom is 0.238 e. The van der Waals surface area contributed by atoms with Crippen molar-refractivity contribution in [3.63, 3.8) is 0 Å². The number of sulfonamides is 1. The first kappa shape index (κ1) is 16.0. The Bertz CT molecular complexity index is 630. The molecular weight excluding hydrogens is 294 g/mol. The molecule has 1 aromatic carbocycles. The van der Waals surface area contributed by atoms with Gasteiger partial charge in [0.25, 0.3) is 0 Å². The van der Waals surface area contributed by atoms with Gasteiger partial charge in [-0.1, -0.05) is 0 Å². The largest absolute Gasteiger partial charge is 0.397 e. The van der Waals surface area contributed by atoms with Crippen LogP contribution in [0.15, 0.2) is 23.1 Å². The predicted octanol–water partition coefficient (Wildman–Crippen LogP) is -0.108. The molecule has 118 valence electrons. The van der Waals surface area contributed by atoms with Gasteiger partial charge in [-0.25, -0.2) is 13.6 Å². The molecule has 0 radical (unpaired) electrons. The molecular formula is C13H21N3O4S. The van der Waals surface area contributed by atoms with Gasteiger partial charge in [-0.15, -0.1) is 0 Å². The number of rotatable bonds is 3. The number of benzene rings is 1. The van der Waals surface area contributed by atoms with Gasteiger partial charge in [-0.05, 0) is 32.0 Å². The molecule has 1 heterocycles. The second-order valence-electron chi connectivity index (χ2n) is 5.83. The van der Waals surface area contributed by atoms with Gasteiger partial charge in [-0.3, -0.25) is 0 Å². The molecule has 21 heavy (non-hydrogen) atoms. The average molecular weight is 315 g/mol. The number of morpholine rings is 1. The second-order valence-corrected chi connectivity index (χ2v) is 7.39. The summed E-state index contributed by atoms with van der Waals surface area (Å²) in [5.74, 6) is 0. The monoisotopic (exact) mass is 315 g/mol. The Morgan fingerprint density at radius 3 is 2.67 bits per heavy atom. The summed E-state index contributed by atoms with van der Waals surface area (Å²) in [5.41, 5.74) is 6.56. The third-order valence-electron chi connectivity index (χ3n) is 3.35. The molecule has 1 aliphatic heterocycles. The molecule has 0 bridgehead atoms. The molecule has 1 atom stereocenters. The van der Waals surface area contributed by atoms with Crippen molar-refractivity contribution in [3.05, 3.63) is 18.2 Å². The van der Waals surface area contributed by atoms with Gasteiger partial charge >= 0.3 is 0 Å². The maximum absolute atomic E-state index is 11.3. The van der Waals surface area contributed by atoms with Gasteiger partial charge in [0.1, 0.15) is 0 Å². The number of aliphatic hydroxyl groups is 1. The molecule has 5 N–H and O–H groups in total. The highest BCUT2D eigenvalue weighted by molar-refractivity contribution is 7.89. The van der Waals surface area contributed by atoms with Crippen LogP contribution in [0, 0.1) is 0 Å². The van der Waals surface area contributed by atoms with Crippen molar-refractivity contribution in [1.82, 2.24) is 0 Å². The third kappa shape index (κ3) is 3.65. The zero-order chi connectivity index (χ0) is 15.8. The molecule has 1 aromatic rings. The fraction of sp³-hybridized carbons (Fsp3) is 0.538. The summed E-state index contributed by atoms with van der Waals surface area (Å²) in [4.78, 5) is 1.96. The fourth-order valence-electron chi connectivity index (χ4n) is 2.57. The van der Waals surface area contributed by atoms with Crippen molar-refractivity contribution < 1.29 is 18.3 Å². The number of aliphatic hydroxyl groups excluding tert-OH is 1. The molecule has 0 amide bonds. The number of primary sulfonamides is 1. The lowest BCUT2D eigenvalue weighted by molar-refractivity contribution is -0.100.